The van der Waals surface area contributed by atoms with Gasteiger partial charge in [-0.3, -0.25) is 0 Å². The van der Waals surface area contributed by atoms with Gasteiger partial charge in [0.2, 0.25) is 0 Å². The van der Waals surface area contributed by atoms with Gasteiger partial charge < -0.3 is 0 Å². The molecule has 0 saturated heterocycles. The molecule has 0 amide bonds. The molecular formula is C94H91F2N. The number of nitrogens with zero attached hydrogens (tertiary/aromatic N) is 1. The van der Waals surface area contributed by atoms with Gasteiger partial charge in [-0.1, -0.05) is 355 Å². The molecule has 0 unspecified atom stereocenters. The number of hydrogen-bond acceptors (Lipinski definition) is 1. The lowest BCUT2D eigenvalue weighted by Gasteiger charge is -2.21. The molecule has 0 atom stereocenters. The first-order valence-corrected chi connectivity index (χ1v) is 32.7. The largest absolute Gasteiger partial charge is 0.207 e. The first kappa shape index (κ1) is 66.0. The van der Waals surface area contributed by atoms with E-state index in [1.165, 1.54) is 102 Å². The van der Waals surface area contributed by atoms with Crippen molar-refractivity contribution < 1.29 is 15.6 Å². The summed E-state index contributed by atoms with van der Waals surface area (Å²) in [5.41, 5.74) is 21.8. The van der Waals surface area contributed by atoms with Crippen LogP contribution in [0.4, 0.5) is 8.78 Å². The van der Waals surface area contributed by atoms with E-state index in [1.54, 1.807) is 18.2 Å². The van der Waals surface area contributed by atoms with Gasteiger partial charge >= 0.3 is 0 Å². The lowest BCUT2D eigenvalue weighted by molar-refractivity contribution is 0.619. The standard InChI is InChI=1S/C19H15F.C16H16.2C11H10.C8H7N.C8H10.C7H7F.2C7H8/c1-14-18(16-10-6-3-7-11-16)12-17(13-19(14)20)15-8-4-2-5-9-15;1-11-8-9-13-12-6-4-5-7-14(12)16(2,3)15(13)10-11;1-9-5-4-7-10-6-2-3-8-11(9)10;1-9-6-7-10-4-2-3-5-11(10)8-9;1-7-2-4-8(6-9)5-3-7;1-7-3-5-8(2)6-4-7;1-6-2-4-7(8)5-3-6;2*1-7-5-3-2-4-6-7/h2-13H,1H3;4-10H,1-3H3;2*2-8H,1H3;2-5H,1H3;3-6H,1-2H3;2-5H,1H3;2*2-6H,1H3/i;;;;;;;2D,3D,4D,5D,6D;. The molecule has 15 rings (SSSR count). The summed E-state index contributed by atoms with van der Waals surface area (Å²) in [4.78, 5) is 0. The third-order valence-electron chi connectivity index (χ3n) is 16.2. The SMILES string of the molecule is Cc1c(F)cc(-c2ccccc2)cc1-c1ccccc1.Cc1ccc(C#N)cc1.Cc1ccc(C)cc1.Cc1ccc(F)cc1.Cc1ccc2c(c1)C(C)(C)c1ccccc1-2.Cc1ccc2ccccc2c1.Cc1cccc2ccccc12.Cc1ccccc1.[2H]c1c([2H])c([2H])c(C)c([2H])c1[2H]. The Kier molecular flexibility index (Phi) is 25.7. The number of hydrogen-bond donors (Lipinski definition) is 0. The molecule has 0 spiro atoms. The quantitative estimate of drug-likeness (QED) is 0.169. The van der Waals surface area contributed by atoms with Gasteiger partial charge in [0.1, 0.15) is 11.6 Å². The summed E-state index contributed by atoms with van der Waals surface area (Å²) in [5.74, 6) is -0.333. The van der Waals surface area contributed by atoms with Crippen molar-refractivity contribution in [2.45, 2.75) is 88.5 Å². The molecule has 0 saturated carbocycles. The Hall–Kier alpha value is -11.1. The Morgan fingerprint density at radius 1 is 0.320 bits per heavy atom. The number of nitriles is 1. The minimum absolute atomic E-state index is 0.124. The second-order valence-corrected chi connectivity index (χ2v) is 24.6. The Morgan fingerprint density at radius 2 is 0.763 bits per heavy atom. The molecule has 0 fully saturated rings. The topological polar surface area (TPSA) is 23.8 Å². The third-order valence-corrected chi connectivity index (χ3v) is 16.2. The molecule has 0 aliphatic heterocycles. The normalized spacial score (nSPS) is 11.4. The van der Waals surface area contributed by atoms with Crippen molar-refractivity contribution in [3.8, 4) is 39.4 Å². The van der Waals surface area contributed by atoms with Crippen LogP contribution in [0.5, 0.6) is 0 Å². The van der Waals surface area contributed by atoms with Crippen LogP contribution in [0.3, 0.4) is 0 Å². The predicted molar refractivity (Wildman–Crippen MR) is 413 cm³/mol. The van der Waals surface area contributed by atoms with Gasteiger partial charge in [0.05, 0.1) is 18.5 Å². The lowest BCUT2D eigenvalue weighted by atomic mass is 9.82. The number of rotatable bonds is 2. The lowest BCUT2D eigenvalue weighted by Crippen LogP contribution is -2.14. The van der Waals surface area contributed by atoms with Crippen molar-refractivity contribution in [3.63, 3.8) is 0 Å². The second kappa shape index (κ2) is 37.7. The monoisotopic (exact) mass is 1280 g/mol. The molecule has 3 heteroatoms. The van der Waals surface area contributed by atoms with Crippen LogP contribution >= 0.6 is 0 Å². The molecule has 0 aromatic heterocycles. The van der Waals surface area contributed by atoms with Crippen molar-refractivity contribution in [2.75, 3.05) is 0 Å². The summed E-state index contributed by atoms with van der Waals surface area (Å²) < 4.78 is 62.6. The number of fused-ring (bicyclic) bond motifs is 5. The summed E-state index contributed by atoms with van der Waals surface area (Å²) in [7, 11) is 0. The number of halogens is 2. The van der Waals surface area contributed by atoms with Gasteiger partial charge in [0.15, 0.2) is 0 Å². The molecular weight excluding hydrogens is 1180 g/mol. The molecule has 97 heavy (non-hydrogen) atoms. The summed E-state index contributed by atoms with van der Waals surface area (Å²) >= 11 is 0. The minimum atomic E-state index is -0.337. The molecule has 14 aromatic rings. The zero-order chi connectivity index (χ0) is 73.9. The molecule has 486 valence electrons. The maximum Gasteiger partial charge on any atom is 0.127 e. The molecule has 1 nitrogen and oxygen atoms in total. The van der Waals surface area contributed by atoms with E-state index in [2.05, 4.69) is 231 Å². The first-order chi connectivity index (χ1) is 48.9. The summed E-state index contributed by atoms with van der Waals surface area (Å²) in [6, 6.07) is 102. The highest BCUT2D eigenvalue weighted by Gasteiger charge is 2.34. The van der Waals surface area contributed by atoms with Crippen molar-refractivity contribution in [2.24, 2.45) is 0 Å². The van der Waals surface area contributed by atoms with Gasteiger partial charge in [-0.15, -0.1) is 0 Å². The fourth-order valence-electron chi connectivity index (χ4n) is 10.6. The minimum Gasteiger partial charge on any atom is -0.207 e. The average Bonchev–Trinajstić information content (AvgIpc) is 1.58. The zero-order valence-corrected chi connectivity index (χ0v) is 58.1. The highest BCUT2D eigenvalue weighted by molar-refractivity contribution is 5.86. The Bertz CT molecular complexity index is 4810. The average molecular weight is 1280 g/mol. The highest BCUT2D eigenvalue weighted by atomic mass is 19.1. The molecule has 0 radical (unpaired) electrons. The molecule has 1 aliphatic rings. The van der Waals surface area contributed by atoms with E-state index in [-0.39, 0.29) is 47.3 Å². The van der Waals surface area contributed by atoms with Crippen LogP contribution in [0.1, 0.15) is 93.0 Å². The van der Waals surface area contributed by atoms with Crippen LogP contribution in [0.2, 0.25) is 0 Å². The van der Waals surface area contributed by atoms with Crippen LogP contribution in [-0.2, 0) is 5.41 Å². The van der Waals surface area contributed by atoms with Crippen LogP contribution in [-0.4, -0.2) is 0 Å². The molecule has 0 bridgehead atoms. The van der Waals surface area contributed by atoms with Gasteiger partial charge in [-0.2, -0.15) is 5.26 Å². The van der Waals surface area contributed by atoms with Crippen molar-refractivity contribution in [1.82, 2.24) is 0 Å². The van der Waals surface area contributed by atoms with Crippen LogP contribution in [0, 0.1) is 92.2 Å². The van der Waals surface area contributed by atoms with E-state index in [4.69, 9.17) is 12.1 Å². The Balaban J connectivity index is 0.000000164. The smallest absolute Gasteiger partial charge is 0.127 e. The molecule has 14 aromatic carbocycles. The first-order valence-electron chi connectivity index (χ1n) is 35.2. The molecule has 0 N–H and O–H groups in total. The molecule has 1 aliphatic carbocycles. The van der Waals surface area contributed by atoms with Gasteiger partial charge in [0, 0.05) is 5.41 Å². The number of benzene rings is 14. The summed E-state index contributed by atoms with van der Waals surface area (Å²) in [6.07, 6.45) is 0. The van der Waals surface area contributed by atoms with Gasteiger partial charge in [-0.25, -0.2) is 8.78 Å². The van der Waals surface area contributed by atoms with Crippen molar-refractivity contribution in [3.05, 3.63) is 417 Å². The zero-order valence-electron chi connectivity index (χ0n) is 63.1. The number of aryl methyl sites for hydroxylation is 8. The van der Waals surface area contributed by atoms with E-state index in [0.717, 1.165) is 33.4 Å². The van der Waals surface area contributed by atoms with Gasteiger partial charge in [0.25, 0.3) is 0 Å². The third kappa shape index (κ3) is 23.4. The fraction of sp³-hybridized carbons (Fsp3) is 0.138. The Labute approximate surface area is 584 Å². The Morgan fingerprint density at radius 3 is 1.32 bits per heavy atom. The maximum atomic E-state index is 14.2. The molecule has 0 heterocycles. The van der Waals surface area contributed by atoms with E-state index in [0.29, 0.717) is 11.1 Å². The van der Waals surface area contributed by atoms with Crippen LogP contribution in [0.25, 0.3) is 54.9 Å². The highest BCUT2D eigenvalue weighted by Crippen LogP contribution is 2.48. The summed E-state index contributed by atoms with van der Waals surface area (Å²) in [6.45, 7) is 24.6. The summed E-state index contributed by atoms with van der Waals surface area (Å²) in [5, 5.41) is 13.7. The van der Waals surface area contributed by atoms with E-state index < -0.39 is 0 Å². The van der Waals surface area contributed by atoms with Crippen molar-refractivity contribution in [1.29, 1.82) is 5.26 Å². The van der Waals surface area contributed by atoms with Crippen LogP contribution in [0.15, 0.2) is 334 Å². The van der Waals surface area contributed by atoms with Crippen LogP contribution < -0.4 is 0 Å². The van der Waals surface area contributed by atoms with Crippen molar-refractivity contribution >= 4 is 21.5 Å². The predicted octanol–water partition coefficient (Wildman–Crippen LogP) is 26.4. The van der Waals surface area contributed by atoms with Gasteiger partial charge in [-0.05, 0) is 183 Å². The van der Waals surface area contributed by atoms with E-state index in [9.17, 15) is 8.78 Å². The second-order valence-electron chi connectivity index (χ2n) is 24.6. The van der Waals surface area contributed by atoms with E-state index in [1.807, 2.05) is 124 Å². The maximum absolute atomic E-state index is 14.2. The fourth-order valence-corrected chi connectivity index (χ4v) is 10.6. The van der Waals surface area contributed by atoms with E-state index >= 15 is 0 Å².